The van der Waals surface area contributed by atoms with Crippen LogP contribution in [-0.2, 0) is 9.68 Å². The van der Waals surface area contributed by atoms with E-state index in [4.69, 9.17) is 26.3 Å². The Labute approximate surface area is 236 Å². The first kappa shape index (κ1) is 31.3. The van der Waals surface area contributed by atoms with E-state index in [9.17, 15) is 0 Å². The van der Waals surface area contributed by atoms with Crippen LogP contribution in [0.4, 0.5) is 11.9 Å². The van der Waals surface area contributed by atoms with Crippen molar-refractivity contribution in [3.05, 3.63) is 5.28 Å². The Morgan fingerprint density at radius 1 is 0.763 bits per heavy atom. The molecule has 1 aromatic heterocycles. The van der Waals surface area contributed by atoms with Crippen molar-refractivity contribution in [1.29, 1.82) is 0 Å². The average molecular weight is 554 g/mol. The third kappa shape index (κ3) is 6.38. The molecule has 2 saturated heterocycles. The van der Waals surface area contributed by atoms with Gasteiger partial charge in [-0.1, -0.05) is 13.3 Å². The highest BCUT2D eigenvalue weighted by Gasteiger charge is 2.49. The first-order chi connectivity index (χ1) is 17.5. The Morgan fingerprint density at radius 3 is 1.61 bits per heavy atom. The third-order valence-electron chi connectivity index (χ3n) is 8.40. The smallest absolute Gasteiger partial charge is 0.231 e. The van der Waals surface area contributed by atoms with E-state index in [1.54, 1.807) is 14.2 Å². The van der Waals surface area contributed by atoms with E-state index < -0.39 is 0 Å². The van der Waals surface area contributed by atoms with Gasteiger partial charge >= 0.3 is 0 Å². The number of rotatable bonds is 9. The fraction of sp³-hybridized carbons (Fsp3) is 0.893. The minimum Gasteiger partial charge on any atom is -0.341 e. The summed E-state index contributed by atoms with van der Waals surface area (Å²) in [6.45, 7) is 21.0. The molecule has 0 aliphatic carbocycles. The minimum absolute atomic E-state index is 0.144. The molecule has 0 unspecified atom stereocenters. The summed E-state index contributed by atoms with van der Waals surface area (Å²) in [6.07, 6.45) is 5.83. The second-order valence-corrected chi connectivity index (χ2v) is 14.0. The maximum absolute atomic E-state index is 6.59. The van der Waals surface area contributed by atoms with Crippen molar-refractivity contribution in [3.63, 3.8) is 0 Å². The van der Waals surface area contributed by atoms with Gasteiger partial charge < -0.3 is 19.5 Å². The summed E-state index contributed by atoms with van der Waals surface area (Å²) in [5.74, 6) is 1.28. The van der Waals surface area contributed by atoms with Gasteiger partial charge in [0.1, 0.15) is 0 Å². The molecule has 2 aliphatic rings. The molecule has 2 fully saturated rings. The van der Waals surface area contributed by atoms with Crippen LogP contribution < -0.4 is 9.80 Å². The van der Waals surface area contributed by atoms with Crippen LogP contribution in [0.25, 0.3) is 0 Å². The van der Waals surface area contributed by atoms with Crippen LogP contribution in [0.15, 0.2) is 0 Å². The SMILES string of the molecule is CCCCN(c1nc(Cl)nc(N(C)C2CC(C)(C)N(OC)C(C)(C)C2)n1)C1CC(C)(C)N(OC)C(C)(C)C1. The topological polar surface area (TPSA) is 70.1 Å². The molecule has 0 aromatic carbocycles. The summed E-state index contributed by atoms with van der Waals surface area (Å²) in [7, 11) is 5.61. The van der Waals surface area contributed by atoms with Crippen LogP contribution in [-0.4, -0.2) is 87.1 Å². The van der Waals surface area contributed by atoms with Gasteiger partial charge in [0, 0.05) is 47.8 Å². The van der Waals surface area contributed by atoms with E-state index >= 15 is 0 Å². The predicted molar refractivity (Wildman–Crippen MR) is 156 cm³/mol. The van der Waals surface area contributed by atoms with Gasteiger partial charge in [-0.25, -0.2) is 0 Å². The zero-order chi connectivity index (χ0) is 28.7. The molecule has 0 amide bonds. The molecular formula is C28H52ClN7O2. The molecule has 3 rings (SSSR count). The summed E-state index contributed by atoms with van der Waals surface area (Å²) in [5, 5.41) is 4.50. The Morgan fingerprint density at radius 2 is 1.18 bits per heavy atom. The van der Waals surface area contributed by atoms with Crippen LogP contribution in [0.3, 0.4) is 0 Å². The van der Waals surface area contributed by atoms with E-state index in [1.165, 1.54) is 0 Å². The van der Waals surface area contributed by atoms with Crippen LogP contribution in [0.5, 0.6) is 0 Å². The van der Waals surface area contributed by atoms with Gasteiger partial charge in [-0.2, -0.15) is 25.1 Å². The fourth-order valence-electron chi connectivity index (χ4n) is 7.46. The molecule has 1 aromatic rings. The number of piperidine rings is 2. The van der Waals surface area contributed by atoms with Gasteiger partial charge in [-0.05, 0) is 99.1 Å². The summed E-state index contributed by atoms with van der Waals surface area (Å²) < 4.78 is 0. The van der Waals surface area contributed by atoms with Gasteiger partial charge in [0.2, 0.25) is 17.2 Å². The van der Waals surface area contributed by atoms with Crippen molar-refractivity contribution in [2.75, 3.05) is 37.6 Å². The first-order valence-electron chi connectivity index (χ1n) is 14.1. The number of hydroxylamine groups is 4. The third-order valence-corrected chi connectivity index (χ3v) is 8.57. The predicted octanol–water partition coefficient (Wildman–Crippen LogP) is 5.73. The van der Waals surface area contributed by atoms with Crippen LogP contribution in [0.1, 0.15) is 101 Å². The molecule has 0 atom stereocenters. The fourth-order valence-corrected chi connectivity index (χ4v) is 7.61. The Kier molecular flexibility index (Phi) is 9.31. The molecule has 2 aliphatic heterocycles. The number of nitrogens with zero attached hydrogens (tertiary/aromatic N) is 7. The van der Waals surface area contributed by atoms with Gasteiger partial charge in [0.05, 0.1) is 14.2 Å². The van der Waals surface area contributed by atoms with Gasteiger partial charge in [-0.3, -0.25) is 0 Å². The highest BCUT2D eigenvalue weighted by atomic mass is 35.5. The van der Waals surface area contributed by atoms with Crippen LogP contribution in [0.2, 0.25) is 5.28 Å². The molecule has 0 radical (unpaired) electrons. The van der Waals surface area contributed by atoms with E-state index in [1.807, 2.05) is 0 Å². The second kappa shape index (κ2) is 11.3. The van der Waals surface area contributed by atoms with E-state index in [2.05, 4.69) is 99.3 Å². The molecule has 0 N–H and O–H groups in total. The Bertz CT molecular complexity index is 919. The summed E-state index contributed by atoms with van der Waals surface area (Å²) in [6, 6.07) is 0.474. The lowest BCUT2D eigenvalue weighted by Gasteiger charge is -2.55. The maximum Gasteiger partial charge on any atom is 0.231 e. The van der Waals surface area contributed by atoms with E-state index in [0.29, 0.717) is 11.9 Å². The number of hydrogen-bond acceptors (Lipinski definition) is 9. The lowest BCUT2D eigenvalue weighted by atomic mass is 9.78. The van der Waals surface area contributed by atoms with Crippen molar-refractivity contribution < 1.29 is 9.68 Å². The molecule has 0 spiro atoms. The number of halogens is 1. The van der Waals surface area contributed by atoms with E-state index in [-0.39, 0.29) is 39.5 Å². The van der Waals surface area contributed by atoms with Gasteiger partial charge in [-0.15, -0.1) is 0 Å². The second-order valence-electron chi connectivity index (χ2n) is 13.7. The van der Waals surface area contributed by atoms with Crippen molar-refractivity contribution in [3.8, 4) is 0 Å². The molecule has 38 heavy (non-hydrogen) atoms. The zero-order valence-electron chi connectivity index (χ0n) is 25.9. The molecular weight excluding hydrogens is 502 g/mol. The molecule has 0 saturated carbocycles. The average Bonchev–Trinajstić information content (AvgIpc) is 2.75. The number of unbranched alkanes of at least 4 members (excludes halogenated alkanes) is 1. The Balaban J connectivity index is 1.96. The molecule has 3 heterocycles. The number of aromatic nitrogens is 3. The van der Waals surface area contributed by atoms with Gasteiger partial charge in [0.25, 0.3) is 0 Å². The maximum atomic E-state index is 6.59. The monoisotopic (exact) mass is 553 g/mol. The molecule has 10 heteroatoms. The molecule has 9 nitrogen and oxygen atoms in total. The summed E-state index contributed by atoms with van der Waals surface area (Å²) in [4.78, 5) is 30.6. The summed E-state index contributed by atoms with van der Waals surface area (Å²) in [5.41, 5.74) is -0.577. The van der Waals surface area contributed by atoms with Crippen LogP contribution in [0, 0.1) is 0 Å². The minimum atomic E-state index is -0.144. The normalized spacial score (nSPS) is 23.9. The van der Waals surface area contributed by atoms with Crippen LogP contribution >= 0.6 is 11.6 Å². The van der Waals surface area contributed by atoms with Crippen molar-refractivity contribution in [1.82, 2.24) is 25.1 Å². The van der Waals surface area contributed by atoms with E-state index in [0.717, 1.165) is 45.1 Å². The lowest BCUT2D eigenvalue weighted by molar-refractivity contribution is -0.266. The quantitative estimate of drug-likeness (QED) is 0.381. The van der Waals surface area contributed by atoms with Crippen molar-refractivity contribution in [2.24, 2.45) is 0 Å². The van der Waals surface area contributed by atoms with Gasteiger partial charge in [0.15, 0.2) is 0 Å². The van der Waals surface area contributed by atoms with Crippen molar-refractivity contribution >= 4 is 23.5 Å². The zero-order valence-corrected chi connectivity index (χ0v) is 26.7. The standard InChI is InChI=1S/C28H52ClN7O2/c1-13-14-15-34(21-18-27(6,7)36(38-12)28(8,9)19-21)24-31-22(29)30-23(32-24)33(10)20-16-25(2,3)35(37-11)26(4,5)17-20/h20-21H,13-19H2,1-12H3. The largest absolute Gasteiger partial charge is 0.341 e. The number of hydrogen-bond donors (Lipinski definition) is 0. The van der Waals surface area contributed by atoms with Crippen molar-refractivity contribution in [2.45, 2.75) is 135 Å². The molecule has 218 valence electrons. The highest BCUT2D eigenvalue weighted by Crippen LogP contribution is 2.42. The first-order valence-corrected chi connectivity index (χ1v) is 14.5. The summed E-state index contributed by atoms with van der Waals surface area (Å²) >= 11 is 6.59. The highest BCUT2D eigenvalue weighted by molar-refractivity contribution is 6.28. The number of anilines is 2. The Hall–Kier alpha value is -1.26. The molecule has 0 bridgehead atoms. The lowest BCUT2D eigenvalue weighted by Crippen LogP contribution is -2.64.